The van der Waals surface area contributed by atoms with Crippen molar-refractivity contribution in [2.75, 3.05) is 26.1 Å². The summed E-state index contributed by atoms with van der Waals surface area (Å²) in [5, 5.41) is 8.35. The zero-order chi connectivity index (χ0) is 20.3. The molecule has 2 fully saturated rings. The first-order valence-corrected chi connectivity index (χ1v) is 9.31. The molecule has 3 N–H and O–H groups in total. The number of amides is 3. The molecule has 0 aromatic heterocycles. The smallest absolute Gasteiger partial charge is 0.250 e. The number of rotatable bonds is 6. The molecule has 3 rings (SSSR count). The van der Waals surface area contributed by atoms with Crippen molar-refractivity contribution in [3.63, 3.8) is 0 Å². The fraction of sp³-hybridized carbons (Fsp3) is 0.526. The Morgan fingerprint density at radius 3 is 2.61 bits per heavy atom. The van der Waals surface area contributed by atoms with Crippen molar-refractivity contribution >= 4 is 23.4 Å². The van der Waals surface area contributed by atoms with E-state index in [2.05, 4.69) is 16.0 Å². The van der Waals surface area contributed by atoms with Gasteiger partial charge in [-0.2, -0.15) is 0 Å². The summed E-state index contributed by atoms with van der Waals surface area (Å²) in [7, 11) is 3.24. The lowest BCUT2D eigenvalue weighted by molar-refractivity contribution is -0.166. The number of likely N-dealkylation sites (N-methyl/N-ethyl adjacent to an activating group) is 1. The number of fused-ring (bicyclic) bond motifs is 1. The third-order valence-corrected chi connectivity index (χ3v) is 5.14. The molecule has 0 radical (unpaired) electrons. The van der Waals surface area contributed by atoms with Gasteiger partial charge in [-0.25, -0.2) is 0 Å². The van der Waals surface area contributed by atoms with Crippen LogP contribution in [-0.4, -0.2) is 67.7 Å². The first kappa shape index (κ1) is 20.1. The molecule has 9 heteroatoms. The van der Waals surface area contributed by atoms with E-state index in [4.69, 9.17) is 9.47 Å². The summed E-state index contributed by atoms with van der Waals surface area (Å²) in [5.41, 5.74) is 0.618. The van der Waals surface area contributed by atoms with Crippen molar-refractivity contribution in [1.82, 2.24) is 15.5 Å². The molecule has 2 saturated heterocycles. The molecule has 1 aromatic rings. The van der Waals surface area contributed by atoms with Crippen molar-refractivity contribution in [2.45, 2.75) is 44.1 Å². The molecule has 152 valence electrons. The van der Waals surface area contributed by atoms with Crippen LogP contribution in [0.5, 0.6) is 5.75 Å². The standard InChI is InChI=1S/C19H26N4O5/c1-11(20-2)17(24)22-14-10-28-16-9-8-15(23(16)19(14)26)18(25)21-12-4-6-13(27-3)7-5-12/h4-7,11,14-16,20H,8-10H2,1-3H3,(H,21,25)(H,22,24)/t11?,14-,15?,16-/m0/s1. The van der Waals surface area contributed by atoms with Crippen molar-refractivity contribution in [3.8, 4) is 5.75 Å². The van der Waals surface area contributed by atoms with E-state index in [1.807, 2.05) is 0 Å². The lowest BCUT2D eigenvalue weighted by Gasteiger charge is -2.37. The second kappa shape index (κ2) is 8.57. The van der Waals surface area contributed by atoms with Gasteiger partial charge in [-0.05, 0) is 51.1 Å². The molecule has 2 aliphatic rings. The number of nitrogens with zero attached hydrogens (tertiary/aromatic N) is 1. The van der Waals surface area contributed by atoms with E-state index in [0.29, 0.717) is 24.3 Å². The Hall–Kier alpha value is -2.65. The Labute approximate surface area is 163 Å². The number of ether oxygens (including phenoxy) is 2. The lowest BCUT2D eigenvalue weighted by atomic mass is 10.1. The number of hydrogen-bond acceptors (Lipinski definition) is 6. The maximum atomic E-state index is 12.9. The summed E-state index contributed by atoms with van der Waals surface area (Å²) in [4.78, 5) is 39.2. The van der Waals surface area contributed by atoms with Gasteiger partial charge in [-0.1, -0.05) is 0 Å². The zero-order valence-electron chi connectivity index (χ0n) is 16.2. The van der Waals surface area contributed by atoms with Gasteiger partial charge in [-0.3, -0.25) is 14.4 Å². The average molecular weight is 390 g/mol. The fourth-order valence-electron chi connectivity index (χ4n) is 3.39. The minimum absolute atomic E-state index is 0.106. The Balaban J connectivity index is 1.66. The molecule has 9 nitrogen and oxygen atoms in total. The normalized spacial score (nSPS) is 25.0. The maximum absolute atomic E-state index is 12.9. The van der Waals surface area contributed by atoms with Crippen LogP contribution in [0.1, 0.15) is 19.8 Å². The first-order valence-electron chi connectivity index (χ1n) is 9.31. The van der Waals surface area contributed by atoms with Gasteiger partial charge in [0.05, 0.1) is 19.8 Å². The summed E-state index contributed by atoms with van der Waals surface area (Å²) < 4.78 is 10.8. The topological polar surface area (TPSA) is 109 Å². The molecular formula is C19H26N4O5. The molecule has 2 aliphatic heterocycles. The predicted molar refractivity (Wildman–Crippen MR) is 102 cm³/mol. The van der Waals surface area contributed by atoms with Gasteiger partial charge in [0.1, 0.15) is 24.1 Å². The van der Waals surface area contributed by atoms with Gasteiger partial charge < -0.3 is 30.3 Å². The lowest BCUT2D eigenvalue weighted by Crippen LogP contribution is -2.62. The van der Waals surface area contributed by atoms with E-state index < -0.39 is 24.4 Å². The third-order valence-electron chi connectivity index (χ3n) is 5.14. The van der Waals surface area contributed by atoms with Crippen molar-refractivity contribution < 1.29 is 23.9 Å². The van der Waals surface area contributed by atoms with E-state index >= 15 is 0 Å². The molecule has 2 heterocycles. The predicted octanol–water partition coefficient (Wildman–Crippen LogP) is 0.0737. The monoisotopic (exact) mass is 390 g/mol. The van der Waals surface area contributed by atoms with Gasteiger partial charge in [0.2, 0.25) is 17.7 Å². The number of nitrogens with one attached hydrogen (secondary N) is 3. The van der Waals surface area contributed by atoms with Crippen LogP contribution in [0.2, 0.25) is 0 Å². The number of benzene rings is 1. The first-order chi connectivity index (χ1) is 13.4. The largest absolute Gasteiger partial charge is 0.497 e. The molecule has 3 amide bonds. The summed E-state index contributed by atoms with van der Waals surface area (Å²) in [6.45, 7) is 1.81. The van der Waals surface area contributed by atoms with Crippen LogP contribution in [0.15, 0.2) is 24.3 Å². The summed E-state index contributed by atoms with van der Waals surface area (Å²) in [6, 6.07) is 5.10. The van der Waals surface area contributed by atoms with Crippen molar-refractivity contribution in [3.05, 3.63) is 24.3 Å². The Kier molecular flexibility index (Phi) is 6.15. The molecule has 0 aliphatic carbocycles. The highest BCUT2D eigenvalue weighted by Gasteiger charge is 2.47. The van der Waals surface area contributed by atoms with Crippen molar-refractivity contribution in [1.29, 1.82) is 0 Å². The Morgan fingerprint density at radius 1 is 1.25 bits per heavy atom. The highest BCUT2D eigenvalue weighted by molar-refractivity contribution is 5.99. The van der Waals surface area contributed by atoms with E-state index in [9.17, 15) is 14.4 Å². The van der Waals surface area contributed by atoms with Crippen LogP contribution in [0, 0.1) is 0 Å². The van der Waals surface area contributed by atoms with Crippen LogP contribution in [0.25, 0.3) is 0 Å². The number of hydrogen-bond donors (Lipinski definition) is 3. The van der Waals surface area contributed by atoms with Crippen LogP contribution >= 0.6 is 0 Å². The second-order valence-electron chi connectivity index (χ2n) is 6.92. The zero-order valence-corrected chi connectivity index (χ0v) is 16.2. The SMILES string of the molecule is CNC(C)C(=O)N[C@H]1CO[C@H]2CCC(C(=O)Nc3ccc(OC)cc3)N2C1=O. The highest BCUT2D eigenvalue weighted by Crippen LogP contribution is 2.30. The molecule has 1 aromatic carbocycles. The molecule has 0 bridgehead atoms. The molecule has 0 saturated carbocycles. The molecule has 2 unspecified atom stereocenters. The van der Waals surface area contributed by atoms with Gasteiger partial charge >= 0.3 is 0 Å². The molecule has 28 heavy (non-hydrogen) atoms. The summed E-state index contributed by atoms with van der Waals surface area (Å²) in [6.07, 6.45) is 0.653. The van der Waals surface area contributed by atoms with E-state index in [-0.39, 0.29) is 24.3 Å². The quantitative estimate of drug-likeness (QED) is 0.635. The third kappa shape index (κ3) is 4.10. The highest BCUT2D eigenvalue weighted by atomic mass is 16.5. The van der Waals surface area contributed by atoms with Gasteiger partial charge in [-0.15, -0.1) is 0 Å². The van der Waals surface area contributed by atoms with Crippen LogP contribution < -0.4 is 20.7 Å². The fourth-order valence-corrected chi connectivity index (χ4v) is 3.39. The van der Waals surface area contributed by atoms with Crippen LogP contribution in [0.3, 0.4) is 0 Å². The molecule has 4 atom stereocenters. The number of carbonyl (C=O) groups is 3. The minimum atomic E-state index is -0.797. The van der Waals surface area contributed by atoms with Gasteiger partial charge in [0.25, 0.3) is 0 Å². The molecular weight excluding hydrogens is 364 g/mol. The van der Waals surface area contributed by atoms with Crippen LogP contribution in [0.4, 0.5) is 5.69 Å². The van der Waals surface area contributed by atoms with Gasteiger partial charge in [0.15, 0.2) is 0 Å². The second-order valence-corrected chi connectivity index (χ2v) is 6.92. The van der Waals surface area contributed by atoms with E-state index in [0.717, 1.165) is 0 Å². The number of anilines is 1. The van der Waals surface area contributed by atoms with Gasteiger partial charge in [0, 0.05) is 5.69 Å². The summed E-state index contributed by atoms with van der Waals surface area (Å²) in [5.74, 6) is -0.172. The number of carbonyl (C=O) groups excluding carboxylic acids is 3. The Bertz CT molecular complexity index is 738. The van der Waals surface area contributed by atoms with E-state index in [1.165, 1.54) is 4.90 Å². The average Bonchev–Trinajstić information content (AvgIpc) is 3.15. The van der Waals surface area contributed by atoms with Crippen molar-refractivity contribution in [2.24, 2.45) is 0 Å². The number of methoxy groups -OCH3 is 1. The maximum Gasteiger partial charge on any atom is 0.250 e. The molecule has 0 spiro atoms. The van der Waals surface area contributed by atoms with Crippen LogP contribution in [-0.2, 0) is 19.1 Å². The summed E-state index contributed by atoms with van der Waals surface area (Å²) >= 11 is 0. The minimum Gasteiger partial charge on any atom is -0.497 e. The Morgan fingerprint density at radius 2 is 1.96 bits per heavy atom. The van der Waals surface area contributed by atoms with E-state index in [1.54, 1.807) is 45.3 Å².